The second kappa shape index (κ2) is 6.94. The zero-order valence-electron chi connectivity index (χ0n) is 11.4. The molecule has 0 atom stereocenters. The molecule has 0 radical (unpaired) electrons. The van der Waals surface area contributed by atoms with E-state index >= 15 is 0 Å². The molecule has 2 rings (SSSR count). The summed E-state index contributed by atoms with van der Waals surface area (Å²) in [4.78, 5) is 34.2. The number of rotatable bonds is 6. The van der Waals surface area contributed by atoms with Crippen molar-refractivity contribution in [3.8, 4) is 0 Å². The fourth-order valence-electron chi connectivity index (χ4n) is 1.76. The number of ketones is 1. The maximum absolute atomic E-state index is 12.1. The molecule has 2 aromatic rings. The van der Waals surface area contributed by atoms with Crippen molar-refractivity contribution in [3.63, 3.8) is 0 Å². The molecule has 0 amide bonds. The van der Waals surface area contributed by atoms with Gasteiger partial charge in [0.15, 0.2) is 12.0 Å². The second-order valence-electron chi connectivity index (χ2n) is 4.27. The Bertz CT molecular complexity index is 739. The van der Waals surface area contributed by atoms with Crippen LogP contribution in [0.1, 0.15) is 20.7 Å². The molecule has 0 unspecified atom stereocenters. The summed E-state index contributed by atoms with van der Waals surface area (Å²) in [5.41, 5.74) is 2.61. The molecule has 0 saturated carbocycles. The van der Waals surface area contributed by atoms with E-state index in [-0.39, 0.29) is 17.0 Å². The van der Waals surface area contributed by atoms with Gasteiger partial charge in [0, 0.05) is 5.56 Å². The second-order valence-corrected chi connectivity index (χ2v) is 4.27. The largest absolute Gasteiger partial charge is 0.478 e. The molecular formula is C16H12N2O4. The van der Waals surface area contributed by atoms with Crippen LogP contribution in [0.3, 0.4) is 0 Å². The Hall–Kier alpha value is -3.28. The van der Waals surface area contributed by atoms with Crippen molar-refractivity contribution in [2.75, 3.05) is 5.43 Å². The van der Waals surface area contributed by atoms with E-state index in [0.29, 0.717) is 11.8 Å². The Balaban J connectivity index is 2.26. The lowest BCUT2D eigenvalue weighted by molar-refractivity contribution is -0.102. The summed E-state index contributed by atoms with van der Waals surface area (Å²) in [6.45, 7) is 0. The van der Waals surface area contributed by atoms with Crippen molar-refractivity contribution >= 4 is 29.4 Å². The zero-order chi connectivity index (χ0) is 15.9. The minimum atomic E-state index is -1.14. The number of nitrogens with one attached hydrogen (secondary N) is 1. The third-order valence-corrected chi connectivity index (χ3v) is 2.83. The standard InChI is InChI=1S/C16H12N2O4/c19-10-14(15(20)11-6-2-1-3-7-11)18-17-13-9-5-4-8-12(13)16(21)22/h1-10,17H,(H,21,22). The molecule has 110 valence electrons. The monoisotopic (exact) mass is 296 g/mol. The number of Topliss-reactive ketones (excluding diaryl/α,β-unsaturated/α-hetero) is 1. The molecule has 2 aromatic carbocycles. The molecular weight excluding hydrogens is 284 g/mol. The van der Waals surface area contributed by atoms with Crippen LogP contribution < -0.4 is 5.43 Å². The summed E-state index contributed by atoms with van der Waals surface area (Å²) in [6.07, 6.45) is 0.325. The quantitative estimate of drug-likeness (QED) is 0.280. The molecule has 0 aliphatic heterocycles. The van der Waals surface area contributed by atoms with Crippen molar-refractivity contribution in [3.05, 3.63) is 65.7 Å². The predicted octanol–water partition coefficient (Wildman–Crippen LogP) is 2.23. The van der Waals surface area contributed by atoms with Gasteiger partial charge >= 0.3 is 5.97 Å². The van der Waals surface area contributed by atoms with Gasteiger partial charge in [-0.15, -0.1) is 0 Å². The van der Waals surface area contributed by atoms with Crippen molar-refractivity contribution in [1.82, 2.24) is 0 Å². The van der Waals surface area contributed by atoms with Gasteiger partial charge in [-0.05, 0) is 12.1 Å². The first-order valence-electron chi connectivity index (χ1n) is 6.34. The van der Waals surface area contributed by atoms with Crippen LogP contribution in [0.15, 0.2) is 59.7 Å². The Kier molecular flexibility index (Phi) is 4.77. The van der Waals surface area contributed by atoms with Crippen molar-refractivity contribution < 1.29 is 19.5 Å². The van der Waals surface area contributed by atoms with Crippen LogP contribution in [0.4, 0.5) is 5.69 Å². The molecule has 0 bridgehead atoms. The average Bonchev–Trinajstić information content (AvgIpc) is 2.56. The Labute approximate surface area is 126 Å². The van der Waals surface area contributed by atoms with E-state index in [4.69, 9.17) is 5.11 Å². The van der Waals surface area contributed by atoms with Crippen LogP contribution in [0, 0.1) is 0 Å². The van der Waals surface area contributed by atoms with E-state index < -0.39 is 11.8 Å². The number of carboxylic acid groups (broad SMARTS) is 1. The highest BCUT2D eigenvalue weighted by Crippen LogP contribution is 2.14. The van der Waals surface area contributed by atoms with E-state index in [2.05, 4.69) is 10.5 Å². The highest BCUT2D eigenvalue weighted by molar-refractivity contribution is 6.63. The maximum atomic E-state index is 12.1. The van der Waals surface area contributed by atoms with Gasteiger partial charge in [0.25, 0.3) is 0 Å². The minimum absolute atomic E-state index is 0.0105. The van der Waals surface area contributed by atoms with Gasteiger partial charge in [-0.2, -0.15) is 5.10 Å². The molecule has 0 aliphatic carbocycles. The summed E-state index contributed by atoms with van der Waals surface area (Å²) in [7, 11) is 0. The summed E-state index contributed by atoms with van der Waals surface area (Å²) in [5.74, 6) is -1.68. The van der Waals surface area contributed by atoms with Crippen LogP contribution in [-0.4, -0.2) is 28.9 Å². The number of hydrazone groups is 1. The van der Waals surface area contributed by atoms with Gasteiger partial charge in [0.2, 0.25) is 5.78 Å². The van der Waals surface area contributed by atoms with Gasteiger partial charge in [-0.25, -0.2) is 4.79 Å². The smallest absolute Gasteiger partial charge is 0.337 e. The van der Waals surface area contributed by atoms with Gasteiger partial charge in [0.05, 0.1) is 11.3 Å². The van der Waals surface area contributed by atoms with Crippen LogP contribution in [0.25, 0.3) is 0 Å². The molecule has 6 heteroatoms. The van der Waals surface area contributed by atoms with E-state index in [1.807, 2.05) is 0 Å². The van der Waals surface area contributed by atoms with Gasteiger partial charge < -0.3 is 5.11 Å². The number of hydrogen-bond donors (Lipinski definition) is 2. The SMILES string of the molecule is O=CC(=NNc1ccccc1C(=O)O)C(=O)c1ccccc1. The minimum Gasteiger partial charge on any atom is -0.478 e. The van der Waals surface area contributed by atoms with Crippen LogP contribution in [0.2, 0.25) is 0 Å². The van der Waals surface area contributed by atoms with Crippen LogP contribution in [-0.2, 0) is 4.79 Å². The molecule has 0 aromatic heterocycles. The lowest BCUT2D eigenvalue weighted by Crippen LogP contribution is -2.17. The number of anilines is 1. The van der Waals surface area contributed by atoms with Crippen molar-refractivity contribution in [2.24, 2.45) is 5.10 Å². The van der Waals surface area contributed by atoms with Crippen molar-refractivity contribution in [1.29, 1.82) is 0 Å². The van der Waals surface area contributed by atoms with E-state index in [1.54, 1.807) is 42.5 Å². The van der Waals surface area contributed by atoms with Gasteiger partial charge in [0.1, 0.15) is 0 Å². The normalized spacial score (nSPS) is 10.8. The van der Waals surface area contributed by atoms with Gasteiger partial charge in [-0.1, -0.05) is 42.5 Å². The Morgan fingerprint density at radius 2 is 1.64 bits per heavy atom. The first-order valence-corrected chi connectivity index (χ1v) is 6.34. The van der Waals surface area contributed by atoms with E-state index in [9.17, 15) is 14.4 Å². The third-order valence-electron chi connectivity index (χ3n) is 2.83. The molecule has 0 fully saturated rings. The zero-order valence-corrected chi connectivity index (χ0v) is 11.4. The molecule has 0 spiro atoms. The predicted molar refractivity (Wildman–Crippen MR) is 81.3 cm³/mol. The maximum Gasteiger partial charge on any atom is 0.337 e. The fraction of sp³-hybridized carbons (Fsp3) is 0. The first kappa shape index (κ1) is 15.1. The lowest BCUT2D eigenvalue weighted by Gasteiger charge is -2.05. The molecule has 0 aliphatic rings. The number of hydrogen-bond acceptors (Lipinski definition) is 5. The first-order chi connectivity index (χ1) is 10.6. The molecule has 0 saturated heterocycles. The average molecular weight is 296 g/mol. The number of nitrogens with zero attached hydrogens (tertiary/aromatic N) is 1. The highest BCUT2D eigenvalue weighted by atomic mass is 16.4. The number of carbonyl (C=O) groups excluding carboxylic acids is 2. The van der Waals surface area contributed by atoms with E-state index in [1.165, 1.54) is 12.1 Å². The summed E-state index contributed by atoms with van der Waals surface area (Å²) < 4.78 is 0. The number of benzene rings is 2. The lowest BCUT2D eigenvalue weighted by atomic mass is 10.1. The topological polar surface area (TPSA) is 95.8 Å². The third kappa shape index (κ3) is 3.43. The number of aldehydes is 1. The molecule has 6 nitrogen and oxygen atoms in total. The Morgan fingerprint density at radius 1 is 1.00 bits per heavy atom. The van der Waals surface area contributed by atoms with Crippen LogP contribution in [0.5, 0.6) is 0 Å². The van der Waals surface area contributed by atoms with Gasteiger partial charge in [-0.3, -0.25) is 15.0 Å². The highest BCUT2D eigenvalue weighted by Gasteiger charge is 2.14. The number of para-hydroxylation sites is 1. The summed E-state index contributed by atoms with van der Waals surface area (Å²) in [5, 5.41) is 12.8. The number of carbonyl (C=O) groups is 3. The van der Waals surface area contributed by atoms with E-state index in [0.717, 1.165) is 0 Å². The van der Waals surface area contributed by atoms with Crippen molar-refractivity contribution in [2.45, 2.75) is 0 Å². The number of aromatic carboxylic acids is 1. The molecule has 22 heavy (non-hydrogen) atoms. The number of carboxylic acids is 1. The molecule has 2 N–H and O–H groups in total. The summed E-state index contributed by atoms with van der Waals surface area (Å²) in [6, 6.07) is 14.3. The Morgan fingerprint density at radius 3 is 2.27 bits per heavy atom. The fourth-order valence-corrected chi connectivity index (χ4v) is 1.76. The summed E-state index contributed by atoms with van der Waals surface area (Å²) >= 11 is 0. The molecule has 0 heterocycles. The van der Waals surface area contributed by atoms with Crippen LogP contribution >= 0.6 is 0 Å².